The van der Waals surface area contributed by atoms with Crippen molar-refractivity contribution in [2.75, 3.05) is 7.11 Å². The van der Waals surface area contributed by atoms with Crippen LogP contribution in [0.25, 0.3) is 0 Å². The fourth-order valence-electron chi connectivity index (χ4n) is 2.54. The number of ether oxygens (including phenoxy) is 1. The highest BCUT2D eigenvalue weighted by Crippen LogP contribution is 2.35. The number of methoxy groups -OCH3 is 1. The van der Waals surface area contributed by atoms with Crippen molar-refractivity contribution in [2.24, 2.45) is 5.84 Å². The van der Waals surface area contributed by atoms with E-state index < -0.39 is 6.04 Å². The van der Waals surface area contributed by atoms with Gasteiger partial charge in [-0.05, 0) is 49.2 Å². The molecule has 0 heterocycles. The minimum Gasteiger partial charge on any atom is -0.496 e. The van der Waals surface area contributed by atoms with Crippen LogP contribution in [-0.2, 0) is 0 Å². The number of benzene rings is 2. The maximum Gasteiger partial charge on any atom is 0.128 e. The van der Waals surface area contributed by atoms with Crippen LogP contribution >= 0.6 is 15.9 Å². The highest BCUT2D eigenvalue weighted by Gasteiger charge is 2.22. The Morgan fingerprint density at radius 1 is 1.24 bits per heavy atom. The van der Waals surface area contributed by atoms with Gasteiger partial charge >= 0.3 is 0 Å². The first-order valence-electron chi connectivity index (χ1n) is 6.54. The summed E-state index contributed by atoms with van der Waals surface area (Å²) in [5.74, 6) is 6.07. The van der Waals surface area contributed by atoms with Crippen LogP contribution in [-0.4, -0.2) is 7.11 Å². The van der Waals surface area contributed by atoms with Gasteiger partial charge in [-0.15, -0.1) is 0 Å². The van der Waals surface area contributed by atoms with Crippen molar-refractivity contribution in [3.63, 3.8) is 0 Å². The summed E-state index contributed by atoms with van der Waals surface area (Å²) in [6.07, 6.45) is 0. The summed E-state index contributed by atoms with van der Waals surface area (Å²) >= 11 is 3.37. The van der Waals surface area contributed by atoms with Gasteiger partial charge in [-0.2, -0.15) is 0 Å². The molecule has 0 radical (unpaired) electrons. The van der Waals surface area contributed by atoms with Crippen LogP contribution in [0.4, 0.5) is 4.39 Å². The highest BCUT2D eigenvalue weighted by molar-refractivity contribution is 9.10. The number of nitrogens with two attached hydrogens (primary N) is 1. The smallest absolute Gasteiger partial charge is 0.128 e. The van der Waals surface area contributed by atoms with Gasteiger partial charge in [0.1, 0.15) is 11.6 Å². The molecule has 2 rings (SSSR count). The second-order valence-electron chi connectivity index (χ2n) is 4.96. The lowest BCUT2D eigenvalue weighted by molar-refractivity contribution is 0.402. The fourth-order valence-corrected chi connectivity index (χ4v) is 2.92. The number of hydrogen-bond donors (Lipinski definition) is 2. The third-order valence-electron chi connectivity index (χ3n) is 3.44. The first kappa shape index (κ1) is 15.9. The normalized spacial score (nSPS) is 12.3. The Bertz CT molecular complexity index is 661. The topological polar surface area (TPSA) is 47.3 Å². The average molecular weight is 353 g/mol. The van der Waals surface area contributed by atoms with Gasteiger partial charge in [0.15, 0.2) is 0 Å². The molecule has 1 unspecified atom stereocenters. The molecule has 3 N–H and O–H groups in total. The summed E-state index contributed by atoms with van der Waals surface area (Å²) in [6.45, 7) is 3.95. The second kappa shape index (κ2) is 6.56. The summed E-state index contributed by atoms with van der Waals surface area (Å²) in [4.78, 5) is 0. The molecule has 0 aliphatic heterocycles. The molecule has 0 spiro atoms. The lowest BCUT2D eigenvalue weighted by Crippen LogP contribution is -2.30. The Kier molecular flexibility index (Phi) is 4.98. The zero-order valence-electron chi connectivity index (χ0n) is 12.2. The molecule has 0 saturated heterocycles. The van der Waals surface area contributed by atoms with Crippen molar-refractivity contribution in [3.05, 3.63) is 62.9 Å². The van der Waals surface area contributed by atoms with E-state index in [1.165, 1.54) is 6.07 Å². The lowest BCUT2D eigenvalue weighted by Gasteiger charge is -2.23. The van der Waals surface area contributed by atoms with Crippen LogP contribution in [0.1, 0.15) is 28.3 Å². The van der Waals surface area contributed by atoms with E-state index in [0.29, 0.717) is 11.3 Å². The molecular weight excluding hydrogens is 335 g/mol. The monoisotopic (exact) mass is 352 g/mol. The van der Waals surface area contributed by atoms with Crippen molar-refractivity contribution in [3.8, 4) is 5.75 Å². The van der Waals surface area contributed by atoms with E-state index in [1.54, 1.807) is 19.2 Å². The summed E-state index contributed by atoms with van der Waals surface area (Å²) < 4.78 is 20.4. The molecular formula is C16H18BrFN2O. The molecule has 0 aliphatic rings. The van der Waals surface area contributed by atoms with Crippen LogP contribution in [0.3, 0.4) is 0 Å². The van der Waals surface area contributed by atoms with Crippen molar-refractivity contribution in [2.45, 2.75) is 19.9 Å². The third-order valence-corrected chi connectivity index (χ3v) is 3.93. The van der Waals surface area contributed by atoms with Gasteiger partial charge in [-0.3, -0.25) is 5.84 Å². The molecule has 0 aliphatic carbocycles. The van der Waals surface area contributed by atoms with Gasteiger partial charge in [0.2, 0.25) is 0 Å². The van der Waals surface area contributed by atoms with E-state index in [4.69, 9.17) is 10.6 Å². The molecule has 5 heteroatoms. The van der Waals surface area contributed by atoms with Crippen LogP contribution in [0.2, 0.25) is 0 Å². The predicted octanol–water partition coefficient (Wildman–Crippen LogP) is 3.77. The van der Waals surface area contributed by atoms with Gasteiger partial charge in [-0.25, -0.2) is 9.82 Å². The van der Waals surface area contributed by atoms with Crippen molar-refractivity contribution >= 4 is 15.9 Å². The summed E-state index contributed by atoms with van der Waals surface area (Å²) in [7, 11) is 1.60. The Hall–Kier alpha value is -1.43. The van der Waals surface area contributed by atoms with Crippen LogP contribution < -0.4 is 16.0 Å². The second-order valence-corrected chi connectivity index (χ2v) is 5.88. The zero-order valence-corrected chi connectivity index (χ0v) is 13.8. The maximum atomic E-state index is 14.2. The van der Waals surface area contributed by atoms with Gasteiger partial charge in [0.05, 0.1) is 13.2 Å². The molecule has 3 nitrogen and oxygen atoms in total. The largest absolute Gasteiger partial charge is 0.496 e. The molecule has 21 heavy (non-hydrogen) atoms. The molecule has 112 valence electrons. The molecule has 2 aromatic carbocycles. The Labute approximate surface area is 132 Å². The molecule has 2 aromatic rings. The SMILES string of the molecule is COc1cc(C)cc(C)c1C(NN)c1cc(Br)ccc1F. The zero-order chi connectivity index (χ0) is 15.6. The van der Waals surface area contributed by atoms with E-state index in [9.17, 15) is 4.39 Å². The number of halogens is 2. The molecule has 0 bridgehead atoms. The predicted molar refractivity (Wildman–Crippen MR) is 85.7 cm³/mol. The van der Waals surface area contributed by atoms with Gasteiger partial charge < -0.3 is 4.74 Å². The average Bonchev–Trinajstić information content (AvgIpc) is 2.44. The first-order valence-corrected chi connectivity index (χ1v) is 7.33. The molecule has 0 amide bonds. The Balaban J connectivity index is 2.64. The van der Waals surface area contributed by atoms with Crippen molar-refractivity contribution in [1.82, 2.24) is 5.43 Å². The standard InChI is InChI=1S/C16H18BrFN2O/c1-9-6-10(2)15(14(7-9)21-3)16(20-19)12-8-11(17)4-5-13(12)18/h4-8,16,20H,19H2,1-3H3. The maximum absolute atomic E-state index is 14.2. The summed E-state index contributed by atoms with van der Waals surface area (Å²) in [5, 5.41) is 0. The number of hydrazine groups is 1. The van der Waals surface area contributed by atoms with Gasteiger partial charge in [0.25, 0.3) is 0 Å². The third kappa shape index (κ3) is 3.26. The quantitative estimate of drug-likeness (QED) is 0.650. The van der Waals surface area contributed by atoms with E-state index in [-0.39, 0.29) is 5.82 Å². The van der Waals surface area contributed by atoms with Crippen LogP contribution in [0, 0.1) is 19.7 Å². The minimum absolute atomic E-state index is 0.317. The molecule has 0 aromatic heterocycles. The van der Waals surface area contributed by atoms with E-state index in [0.717, 1.165) is 21.2 Å². The van der Waals surface area contributed by atoms with E-state index in [2.05, 4.69) is 21.4 Å². The van der Waals surface area contributed by atoms with Crippen molar-refractivity contribution in [1.29, 1.82) is 0 Å². The van der Waals surface area contributed by atoms with Crippen molar-refractivity contribution < 1.29 is 9.13 Å². The minimum atomic E-state index is -0.488. The number of aryl methyl sites for hydroxylation is 2. The molecule has 0 saturated carbocycles. The Morgan fingerprint density at radius 2 is 1.95 bits per heavy atom. The van der Waals surface area contributed by atoms with E-state index in [1.807, 2.05) is 26.0 Å². The molecule has 1 atom stereocenters. The van der Waals surface area contributed by atoms with Crippen LogP contribution in [0.15, 0.2) is 34.8 Å². The summed E-state index contributed by atoms with van der Waals surface area (Å²) in [6, 6.07) is 8.25. The van der Waals surface area contributed by atoms with Gasteiger partial charge in [-0.1, -0.05) is 22.0 Å². The summed E-state index contributed by atoms with van der Waals surface area (Å²) in [5.41, 5.74) is 6.08. The van der Waals surface area contributed by atoms with Crippen LogP contribution in [0.5, 0.6) is 5.75 Å². The molecule has 0 fully saturated rings. The van der Waals surface area contributed by atoms with Gasteiger partial charge in [0, 0.05) is 15.6 Å². The number of nitrogens with one attached hydrogen (secondary N) is 1. The number of rotatable bonds is 4. The highest BCUT2D eigenvalue weighted by atomic mass is 79.9. The first-order chi connectivity index (χ1) is 9.97. The number of hydrogen-bond acceptors (Lipinski definition) is 3. The lowest BCUT2D eigenvalue weighted by atomic mass is 9.93. The Morgan fingerprint density at radius 3 is 2.57 bits per heavy atom. The fraction of sp³-hybridized carbons (Fsp3) is 0.250. The van der Waals surface area contributed by atoms with E-state index >= 15 is 0 Å².